The minimum absolute atomic E-state index is 0.0585. The van der Waals surface area contributed by atoms with Crippen LogP contribution in [0.4, 0.5) is 14.6 Å². The zero-order valence-electron chi connectivity index (χ0n) is 17.8. The molecule has 33 heavy (non-hydrogen) atoms. The molecule has 0 saturated heterocycles. The first kappa shape index (κ1) is 21.1. The van der Waals surface area contributed by atoms with Gasteiger partial charge in [0.2, 0.25) is 0 Å². The molecule has 2 aromatic heterocycles. The number of carbonyl (C=O) groups is 1. The van der Waals surface area contributed by atoms with E-state index >= 15 is 0 Å². The van der Waals surface area contributed by atoms with Crippen LogP contribution in [-0.2, 0) is 6.42 Å². The fourth-order valence-electron chi connectivity index (χ4n) is 3.81. The fourth-order valence-corrected chi connectivity index (χ4v) is 3.81. The van der Waals surface area contributed by atoms with Gasteiger partial charge in [0.1, 0.15) is 17.3 Å². The highest BCUT2D eigenvalue weighted by Crippen LogP contribution is 2.35. The molecule has 1 N–H and O–H groups in total. The number of halogens is 2. The van der Waals surface area contributed by atoms with Gasteiger partial charge in [-0.25, -0.2) is 13.8 Å². The zero-order valence-corrected chi connectivity index (χ0v) is 17.8. The van der Waals surface area contributed by atoms with Gasteiger partial charge in [-0.05, 0) is 61.7 Å². The van der Waals surface area contributed by atoms with Gasteiger partial charge >= 0.3 is 0 Å². The fraction of sp³-hybridized carbons (Fsp3) is 0.240. The molecular weight excluding hydrogens is 424 g/mol. The largest absolute Gasteiger partial charge is 0.366 e. The van der Waals surface area contributed by atoms with Gasteiger partial charge in [-0.15, -0.1) is 0 Å². The summed E-state index contributed by atoms with van der Waals surface area (Å²) >= 11 is 0. The van der Waals surface area contributed by atoms with E-state index in [2.05, 4.69) is 25.5 Å². The molecule has 1 saturated carbocycles. The lowest BCUT2D eigenvalue weighted by Gasteiger charge is -2.33. The monoisotopic (exact) mass is 445 g/mol. The van der Waals surface area contributed by atoms with Crippen LogP contribution in [0.3, 0.4) is 0 Å². The summed E-state index contributed by atoms with van der Waals surface area (Å²) in [4.78, 5) is 21.3. The molecule has 0 radical (unpaired) electrons. The second-order valence-electron chi connectivity index (χ2n) is 8.36. The molecule has 1 aliphatic carbocycles. The predicted octanol–water partition coefficient (Wildman–Crippen LogP) is 4.96. The summed E-state index contributed by atoms with van der Waals surface area (Å²) in [5.41, 5.74) is 1.93. The average molecular weight is 445 g/mol. The molecule has 4 aromatic rings. The van der Waals surface area contributed by atoms with Crippen molar-refractivity contribution in [2.24, 2.45) is 0 Å². The molecule has 2 aromatic carbocycles. The van der Waals surface area contributed by atoms with Gasteiger partial charge in [-0.2, -0.15) is 10.2 Å². The van der Waals surface area contributed by atoms with E-state index in [1.807, 2.05) is 24.3 Å². The first-order valence-electron chi connectivity index (χ1n) is 10.8. The van der Waals surface area contributed by atoms with Crippen molar-refractivity contribution in [2.75, 3.05) is 11.9 Å². The first-order chi connectivity index (χ1) is 16.0. The van der Waals surface area contributed by atoms with Gasteiger partial charge in [0, 0.05) is 16.5 Å². The smallest absolute Gasteiger partial charge is 0.168 e. The molecule has 0 atom stereocenters. The van der Waals surface area contributed by atoms with Crippen molar-refractivity contribution in [1.29, 1.82) is 0 Å². The molecule has 166 valence electrons. The maximum absolute atomic E-state index is 14.3. The van der Waals surface area contributed by atoms with Gasteiger partial charge in [0.15, 0.2) is 5.78 Å². The van der Waals surface area contributed by atoms with Crippen molar-refractivity contribution in [3.05, 3.63) is 78.0 Å². The van der Waals surface area contributed by atoms with Crippen molar-refractivity contribution in [1.82, 2.24) is 20.2 Å². The number of benzene rings is 2. The van der Waals surface area contributed by atoms with Crippen LogP contribution in [-0.4, -0.2) is 38.2 Å². The van der Waals surface area contributed by atoms with E-state index in [-0.39, 0.29) is 24.6 Å². The van der Waals surface area contributed by atoms with E-state index in [0.29, 0.717) is 41.1 Å². The SMILES string of the molecule is O=C(Cc1cc2cc(-c3cncc(NCC4(F)CCC4)n3)ccc2nn1)c1ccc(F)cc1. The Bertz CT molecular complexity index is 1320. The number of carbonyl (C=O) groups excluding carboxylic acids is 1. The van der Waals surface area contributed by atoms with Crippen molar-refractivity contribution >= 4 is 22.5 Å². The van der Waals surface area contributed by atoms with Gasteiger partial charge < -0.3 is 5.32 Å². The average Bonchev–Trinajstić information content (AvgIpc) is 2.81. The molecule has 8 heteroatoms. The Labute approximate surface area is 189 Å². The number of aromatic nitrogens is 4. The van der Waals surface area contributed by atoms with E-state index in [1.165, 1.54) is 24.3 Å². The van der Waals surface area contributed by atoms with Crippen LogP contribution in [0.5, 0.6) is 0 Å². The number of Topliss-reactive ketones (excluding diaryl/α,β-unsaturated/α-hetero) is 1. The number of nitrogens with one attached hydrogen (secondary N) is 1. The third-order valence-electron chi connectivity index (χ3n) is 5.91. The summed E-state index contributed by atoms with van der Waals surface area (Å²) in [6, 6.07) is 12.9. The highest BCUT2D eigenvalue weighted by molar-refractivity contribution is 5.97. The van der Waals surface area contributed by atoms with Gasteiger partial charge in [-0.1, -0.05) is 6.07 Å². The molecule has 0 amide bonds. The Kier molecular flexibility index (Phi) is 5.50. The van der Waals surface area contributed by atoms with Gasteiger partial charge in [-0.3, -0.25) is 9.78 Å². The van der Waals surface area contributed by atoms with Crippen LogP contribution >= 0.6 is 0 Å². The Balaban J connectivity index is 1.36. The Morgan fingerprint density at radius 1 is 1.03 bits per heavy atom. The Morgan fingerprint density at radius 3 is 2.61 bits per heavy atom. The van der Waals surface area contributed by atoms with Crippen molar-refractivity contribution in [3.63, 3.8) is 0 Å². The highest BCUT2D eigenvalue weighted by atomic mass is 19.1. The van der Waals surface area contributed by atoms with E-state index in [9.17, 15) is 13.6 Å². The predicted molar refractivity (Wildman–Crippen MR) is 121 cm³/mol. The highest BCUT2D eigenvalue weighted by Gasteiger charge is 2.36. The quantitative estimate of drug-likeness (QED) is 0.405. The van der Waals surface area contributed by atoms with E-state index in [4.69, 9.17) is 0 Å². The molecule has 1 fully saturated rings. The number of hydrogen-bond donors (Lipinski definition) is 1. The van der Waals surface area contributed by atoms with E-state index in [1.54, 1.807) is 12.4 Å². The lowest BCUT2D eigenvalue weighted by molar-refractivity contribution is 0.0783. The topological polar surface area (TPSA) is 80.7 Å². The van der Waals surface area contributed by atoms with Crippen molar-refractivity contribution in [3.8, 4) is 11.3 Å². The number of alkyl halides is 1. The van der Waals surface area contributed by atoms with Crippen molar-refractivity contribution in [2.45, 2.75) is 31.4 Å². The normalized spacial score (nSPS) is 14.6. The van der Waals surface area contributed by atoms with Crippen molar-refractivity contribution < 1.29 is 13.6 Å². The third-order valence-corrected chi connectivity index (χ3v) is 5.91. The van der Waals surface area contributed by atoms with Crippen LogP contribution in [0.1, 0.15) is 35.3 Å². The van der Waals surface area contributed by atoms with Crippen LogP contribution in [0.15, 0.2) is 60.9 Å². The summed E-state index contributed by atoms with van der Waals surface area (Å²) in [5, 5.41) is 12.2. The number of hydrogen-bond acceptors (Lipinski definition) is 6. The number of rotatable bonds is 7. The van der Waals surface area contributed by atoms with E-state index < -0.39 is 5.67 Å². The molecule has 0 bridgehead atoms. The molecular formula is C25H21F2N5O. The van der Waals surface area contributed by atoms with Crippen LogP contribution in [0, 0.1) is 5.82 Å². The molecule has 2 heterocycles. The summed E-state index contributed by atoms with van der Waals surface area (Å²) in [6.45, 7) is 0.226. The summed E-state index contributed by atoms with van der Waals surface area (Å²) in [7, 11) is 0. The van der Waals surface area contributed by atoms with Gasteiger partial charge in [0.25, 0.3) is 0 Å². The molecule has 5 rings (SSSR count). The standard InChI is InChI=1S/C25H21F2N5O/c26-19-5-2-16(3-6-19)23(33)12-20-11-18-10-17(4-7-21(18)32-31-20)22-13-28-14-24(30-22)29-15-25(27)8-1-9-25/h2-7,10-11,13-14H,1,8-9,12,15H2,(H,29,30). The summed E-state index contributed by atoms with van der Waals surface area (Å²) < 4.78 is 27.4. The molecule has 0 aliphatic heterocycles. The Hall–Kier alpha value is -3.81. The Morgan fingerprint density at radius 2 is 1.85 bits per heavy atom. The molecule has 1 aliphatic rings. The van der Waals surface area contributed by atoms with Gasteiger partial charge in [0.05, 0.1) is 42.3 Å². The summed E-state index contributed by atoms with van der Waals surface area (Å²) in [6.07, 6.45) is 5.35. The zero-order chi connectivity index (χ0) is 22.8. The van der Waals surface area contributed by atoms with Crippen LogP contribution < -0.4 is 5.32 Å². The molecule has 6 nitrogen and oxygen atoms in total. The maximum Gasteiger partial charge on any atom is 0.168 e. The second-order valence-corrected chi connectivity index (χ2v) is 8.36. The van der Waals surface area contributed by atoms with E-state index in [0.717, 1.165) is 17.4 Å². The summed E-state index contributed by atoms with van der Waals surface area (Å²) in [5.74, 6) is -0.0318. The van der Waals surface area contributed by atoms with Crippen LogP contribution in [0.2, 0.25) is 0 Å². The number of nitrogens with zero attached hydrogens (tertiary/aromatic N) is 4. The minimum Gasteiger partial charge on any atom is -0.366 e. The lowest BCUT2D eigenvalue weighted by Crippen LogP contribution is -2.39. The molecule has 0 spiro atoms. The van der Waals surface area contributed by atoms with Crippen LogP contribution in [0.25, 0.3) is 22.2 Å². The second kappa shape index (κ2) is 8.61. The lowest BCUT2D eigenvalue weighted by atomic mass is 9.82. The number of anilines is 1. The maximum atomic E-state index is 14.3. The first-order valence-corrected chi connectivity index (χ1v) is 10.8. The minimum atomic E-state index is -1.15. The third kappa shape index (κ3) is 4.69. The number of ketones is 1. The number of fused-ring (bicyclic) bond motifs is 1. The molecule has 0 unspecified atom stereocenters.